The largest absolute Gasteiger partial charge is 0.434 e. The van der Waals surface area contributed by atoms with Crippen LogP contribution in [0, 0.1) is 11.7 Å². The zero-order valence-electron chi connectivity index (χ0n) is 15.4. The summed E-state index contributed by atoms with van der Waals surface area (Å²) in [5.74, 6) is -1.06. The van der Waals surface area contributed by atoms with Gasteiger partial charge in [0.15, 0.2) is 5.69 Å². The van der Waals surface area contributed by atoms with E-state index in [0.717, 1.165) is 25.1 Å². The Bertz CT molecular complexity index is 810. The van der Waals surface area contributed by atoms with Crippen molar-refractivity contribution in [1.82, 2.24) is 15.1 Å². The first-order valence-electron chi connectivity index (χ1n) is 9.56. The maximum absolute atomic E-state index is 14.0. The van der Waals surface area contributed by atoms with E-state index in [0.29, 0.717) is 17.1 Å². The van der Waals surface area contributed by atoms with Crippen molar-refractivity contribution in [2.75, 3.05) is 6.54 Å². The van der Waals surface area contributed by atoms with E-state index < -0.39 is 29.2 Å². The maximum Gasteiger partial charge on any atom is 0.434 e. The molecule has 0 spiro atoms. The van der Waals surface area contributed by atoms with Gasteiger partial charge in [0.05, 0.1) is 11.8 Å². The zero-order valence-corrected chi connectivity index (χ0v) is 15.4. The highest BCUT2D eigenvalue weighted by Gasteiger charge is 2.40. The number of hydrogen-bond acceptors (Lipinski definition) is 2. The van der Waals surface area contributed by atoms with Crippen LogP contribution < -0.4 is 5.32 Å². The molecule has 0 radical (unpaired) electrons. The molecule has 1 aliphatic carbocycles. The molecule has 1 aliphatic rings. The lowest BCUT2D eigenvalue weighted by Gasteiger charge is -2.21. The topological polar surface area (TPSA) is 46.9 Å². The monoisotopic (exact) mass is 397 g/mol. The summed E-state index contributed by atoms with van der Waals surface area (Å²) in [7, 11) is 0. The minimum Gasteiger partial charge on any atom is -0.352 e. The van der Waals surface area contributed by atoms with Crippen LogP contribution >= 0.6 is 0 Å². The third kappa shape index (κ3) is 4.72. The number of carbonyl (C=O) groups excluding carboxylic acids is 1. The summed E-state index contributed by atoms with van der Waals surface area (Å²) in [6, 6.07) is 5.01. The van der Waals surface area contributed by atoms with Gasteiger partial charge in [-0.1, -0.05) is 44.2 Å². The molecule has 0 bridgehead atoms. The number of amides is 1. The molecule has 0 atom stereocenters. The van der Waals surface area contributed by atoms with Gasteiger partial charge in [-0.05, 0) is 30.9 Å². The zero-order chi connectivity index (χ0) is 20.1. The molecule has 4 nitrogen and oxygen atoms in total. The summed E-state index contributed by atoms with van der Waals surface area (Å²) in [5, 5.41) is 6.18. The Morgan fingerprint density at radius 1 is 1.18 bits per heavy atom. The fourth-order valence-electron chi connectivity index (χ4n) is 3.76. The van der Waals surface area contributed by atoms with Crippen molar-refractivity contribution in [2.45, 2.75) is 51.1 Å². The SMILES string of the molecule is O=C(NCCCC1CCCCC1)c1cnn(-c2ccccc2F)c1C(F)(F)F. The van der Waals surface area contributed by atoms with Crippen molar-refractivity contribution in [3.63, 3.8) is 0 Å². The first-order valence-corrected chi connectivity index (χ1v) is 9.56. The number of nitrogens with one attached hydrogen (secondary N) is 1. The van der Waals surface area contributed by atoms with E-state index in [9.17, 15) is 22.4 Å². The van der Waals surface area contributed by atoms with E-state index >= 15 is 0 Å². The van der Waals surface area contributed by atoms with Crippen LogP contribution in [-0.2, 0) is 6.18 Å². The van der Waals surface area contributed by atoms with Gasteiger partial charge in [-0.2, -0.15) is 18.3 Å². The summed E-state index contributed by atoms with van der Waals surface area (Å²) >= 11 is 0. The lowest BCUT2D eigenvalue weighted by atomic mass is 9.86. The molecule has 1 fully saturated rings. The quantitative estimate of drug-likeness (QED) is 0.543. The van der Waals surface area contributed by atoms with Gasteiger partial charge in [-0.15, -0.1) is 0 Å². The number of rotatable bonds is 6. The van der Waals surface area contributed by atoms with Crippen LogP contribution in [0.5, 0.6) is 0 Å². The molecule has 1 amide bonds. The van der Waals surface area contributed by atoms with E-state index in [1.165, 1.54) is 50.3 Å². The fraction of sp³-hybridized carbons (Fsp3) is 0.500. The molecule has 3 rings (SSSR count). The molecule has 1 saturated carbocycles. The summed E-state index contributed by atoms with van der Waals surface area (Å²) in [4.78, 5) is 12.3. The minimum atomic E-state index is -4.85. The molecule has 1 aromatic carbocycles. The van der Waals surface area contributed by atoms with Crippen LogP contribution in [-0.4, -0.2) is 22.2 Å². The Hall–Kier alpha value is -2.38. The van der Waals surface area contributed by atoms with Crippen molar-refractivity contribution in [2.24, 2.45) is 5.92 Å². The number of hydrogen-bond donors (Lipinski definition) is 1. The Labute approximate surface area is 160 Å². The first kappa shape index (κ1) is 20.4. The van der Waals surface area contributed by atoms with Gasteiger partial charge in [-0.3, -0.25) is 4.79 Å². The predicted octanol–water partition coefficient (Wildman–Crippen LogP) is 5.12. The second-order valence-electron chi connectivity index (χ2n) is 7.17. The summed E-state index contributed by atoms with van der Waals surface area (Å²) in [5.41, 5.74) is -2.23. The van der Waals surface area contributed by atoms with Crippen LogP contribution in [0.3, 0.4) is 0 Å². The second-order valence-corrected chi connectivity index (χ2v) is 7.17. The molecular formula is C20H23F4N3O. The normalized spacial score (nSPS) is 15.6. The van der Waals surface area contributed by atoms with Crippen LogP contribution in [0.25, 0.3) is 5.69 Å². The van der Waals surface area contributed by atoms with Gasteiger partial charge in [0.1, 0.15) is 11.5 Å². The number of alkyl halides is 3. The fourth-order valence-corrected chi connectivity index (χ4v) is 3.76. The summed E-state index contributed by atoms with van der Waals surface area (Å²) in [6.07, 6.45) is 3.74. The smallest absolute Gasteiger partial charge is 0.352 e. The van der Waals surface area contributed by atoms with Crippen molar-refractivity contribution >= 4 is 5.91 Å². The first-order chi connectivity index (χ1) is 13.4. The number of benzene rings is 1. The molecule has 28 heavy (non-hydrogen) atoms. The summed E-state index contributed by atoms with van der Waals surface area (Å²) < 4.78 is 55.2. The van der Waals surface area contributed by atoms with E-state index in [1.807, 2.05) is 0 Å². The highest BCUT2D eigenvalue weighted by molar-refractivity contribution is 5.95. The molecular weight excluding hydrogens is 374 g/mol. The van der Waals surface area contributed by atoms with Gasteiger partial charge in [0.2, 0.25) is 0 Å². The Balaban J connectivity index is 1.70. The number of nitrogens with zero attached hydrogens (tertiary/aromatic N) is 2. The molecule has 152 valence electrons. The van der Waals surface area contributed by atoms with Gasteiger partial charge in [0.25, 0.3) is 5.91 Å². The molecule has 2 aromatic rings. The van der Waals surface area contributed by atoms with Crippen LogP contribution in [0.15, 0.2) is 30.5 Å². The third-order valence-corrected chi connectivity index (χ3v) is 5.16. The predicted molar refractivity (Wildman–Crippen MR) is 96.7 cm³/mol. The van der Waals surface area contributed by atoms with Crippen molar-refractivity contribution in [3.8, 4) is 5.69 Å². The molecule has 0 saturated heterocycles. The Morgan fingerprint density at radius 2 is 1.89 bits per heavy atom. The van der Waals surface area contributed by atoms with Crippen LogP contribution in [0.2, 0.25) is 0 Å². The van der Waals surface area contributed by atoms with Gasteiger partial charge >= 0.3 is 6.18 Å². The van der Waals surface area contributed by atoms with Crippen molar-refractivity contribution in [1.29, 1.82) is 0 Å². The molecule has 1 aromatic heterocycles. The Morgan fingerprint density at radius 3 is 2.57 bits per heavy atom. The van der Waals surface area contributed by atoms with E-state index in [-0.39, 0.29) is 5.69 Å². The standard InChI is InChI=1S/C20H23F4N3O/c21-16-10-4-5-11-17(16)27-18(20(22,23)24)15(13-26-27)19(28)25-12-6-9-14-7-2-1-3-8-14/h4-5,10-11,13-14H,1-3,6-9,12H2,(H,25,28). The third-order valence-electron chi connectivity index (χ3n) is 5.16. The molecule has 0 aliphatic heterocycles. The van der Waals surface area contributed by atoms with Crippen LogP contribution in [0.4, 0.5) is 17.6 Å². The van der Waals surface area contributed by atoms with E-state index in [1.54, 1.807) is 0 Å². The van der Waals surface area contributed by atoms with Gasteiger partial charge < -0.3 is 5.32 Å². The average Bonchev–Trinajstić information content (AvgIpc) is 3.12. The highest BCUT2D eigenvalue weighted by Crippen LogP contribution is 2.34. The van der Waals surface area contributed by atoms with Gasteiger partial charge in [0, 0.05) is 6.54 Å². The number of halogens is 4. The molecule has 1 heterocycles. The average molecular weight is 397 g/mol. The van der Waals surface area contributed by atoms with Crippen molar-refractivity contribution in [3.05, 3.63) is 47.5 Å². The lowest BCUT2D eigenvalue weighted by Crippen LogP contribution is -2.28. The van der Waals surface area contributed by atoms with Gasteiger partial charge in [-0.25, -0.2) is 9.07 Å². The second kappa shape index (κ2) is 8.75. The number of aromatic nitrogens is 2. The van der Waals surface area contributed by atoms with E-state index in [4.69, 9.17) is 0 Å². The highest BCUT2D eigenvalue weighted by atomic mass is 19.4. The Kier molecular flexibility index (Phi) is 6.36. The maximum atomic E-state index is 14.0. The van der Waals surface area contributed by atoms with Crippen molar-refractivity contribution < 1.29 is 22.4 Å². The number of carbonyl (C=O) groups is 1. The number of para-hydroxylation sites is 1. The minimum absolute atomic E-state index is 0.303. The van der Waals surface area contributed by atoms with Crippen LogP contribution in [0.1, 0.15) is 61.0 Å². The molecule has 1 N–H and O–H groups in total. The lowest BCUT2D eigenvalue weighted by molar-refractivity contribution is -0.143. The molecule has 0 unspecified atom stereocenters. The molecule has 8 heteroatoms. The summed E-state index contributed by atoms with van der Waals surface area (Å²) in [6.45, 7) is 0.303. The van der Waals surface area contributed by atoms with E-state index in [2.05, 4.69) is 10.4 Å².